The number of ketones is 1. The smallest absolute Gasteiger partial charge is 0.406 e. The van der Waals surface area contributed by atoms with Gasteiger partial charge >= 0.3 is 12.5 Å². The molecule has 13 heteroatoms. The Morgan fingerprint density at radius 1 is 0.973 bits per heavy atom. The molecule has 1 fully saturated rings. The molecule has 1 N–H and O–H groups in total. The van der Waals surface area contributed by atoms with Crippen LogP contribution in [0.15, 0.2) is 42.5 Å². The molecule has 1 saturated heterocycles. The molecule has 0 aromatic heterocycles. The number of ether oxygens (including phenoxy) is 1. The molecule has 202 valence electrons. The summed E-state index contributed by atoms with van der Waals surface area (Å²) in [6.45, 7) is 5.41. The van der Waals surface area contributed by atoms with Crippen LogP contribution in [0, 0.1) is 5.41 Å². The number of anilines is 1. The minimum atomic E-state index is -5.34. The maximum atomic E-state index is 14.0. The van der Waals surface area contributed by atoms with Gasteiger partial charge < -0.3 is 4.74 Å². The minimum Gasteiger partial charge on any atom is -0.406 e. The molecule has 5 nitrogen and oxygen atoms in total. The van der Waals surface area contributed by atoms with E-state index in [0.717, 1.165) is 17.0 Å². The fourth-order valence-corrected chi connectivity index (χ4v) is 4.97. The molecule has 0 bridgehead atoms. The number of Topliss-reactive ketones (excluding diaryl/α,β-unsaturated/α-hetero) is 1. The Hall–Kier alpha value is -2.50. The predicted molar refractivity (Wildman–Crippen MR) is 126 cm³/mol. The van der Waals surface area contributed by atoms with Crippen LogP contribution in [0.3, 0.4) is 0 Å². The van der Waals surface area contributed by atoms with E-state index in [9.17, 15) is 35.9 Å². The zero-order chi connectivity index (χ0) is 28.2. The van der Waals surface area contributed by atoms with Gasteiger partial charge in [-0.25, -0.2) is 0 Å². The van der Waals surface area contributed by atoms with Gasteiger partial charge in [-0.05, 0) is 49.2 Å². The highest BCUT2D eigenvalue weighted by Crippen LogP contribution is 2.48. The van der Waals surface area contributed by atoms with Crippen LogP contribution in [0.2, 0.25) is 10.0 Å². The van der Waals surface area contributed by atoms with Crippen molar-refractivity contribution >= 4 is 40.6 Å². The van der Waals surface area contributed by atoms with Crippen LogP contribution in [0.4, 0.5) is 32.0 Å². The number of hydrogen-bond acceptors (Lipinski definition) is 4. The molecule has 1 aliphatic rings. The Balaban J connectivity index is 2.17. The highest BCUT2D eigenvalue weighted by Gasteiger charge is 2.70. The predicted octanol–water partition coefficient (Wildman–Crippen LogP) is 6.70. The third kappa shape index (κ3) is 5.68. The number of hydrogen-bond donors (Lipinski definition) is 1. The third-order valence-electron chi connectivity index (χ3n) is 5.96. The lowest BCUT2D eigenvalue weighted by Gasteiger charge is -2.46. The fraction of sp³-hybridized carbons (Fsp3) is 0.417. The lowest BCUT2D eigenvalue weighted by atomic mass is 9.76. The van der Waals surface area contributed by atoms with Gasteiger partial charge in [0.1, 0.15) is 11.3 Å². The molecular weight excluding hydrogens is 549 g/mol. The van der Waals surface area contributed by atoms with Crippen LogP contribution in [0.1, 0.15) is 33.3 Å². The molecule has 2 aromatic carbocycles. The van der Waals surface area contributed by atoms with E-state index in [4.69, 9.17) is 23.2 Å². The highest BCUT2D eigenvalue weighted by atomic mass is 35.5. The van der Waals surface area contributed by atoms with Gasteiger partial charge in [-0.3, -0.25) is 19.8 Å². The number of rotatable bonds is 5. The maximum absolute atomic E-state index is 14.0. The summed E-state index contributed by atoms with van der Waals surface area (Å²) < 4.78 is 83.4. The number of carbonyl (C=O) groups is 2. The first-order valence-electron chi connectivity index (χ1n) is 10.8. The number of benzene rings is 2. The van der Waals surface area contributed by atoms with Crippen molar-refractivity contribution < 1.29 is 40.7 Å². The summed E-state index contributed by atoms with van der Waals surface area (Å²) in [4.78, 5) is 27.7. The quantitative estimate of drug-likeness (QED) is 0.406. The second-order valence-electron chi connectivity index (χ2n) is 9.88. The number of alkyl halides is 6. The zero-order valence-corrected chi connectivity index (χ0v) is 21.5. The van der Waals surface area contributed by atoms with Crippen molar-refractivity contribution in [2.45, 2.75) is 57.9 Å². The van der Waals surface area contributed by atoms with E-state index in [1.807, 2.05) is 0 Å². The van der Waals surface area contributed by atoms with Gasteiger partial charge in [-0.2, -0.15) is 13.2 Å². The van der Waals surface area contributed by atoms with Gasteiger partial charge in [0.25, 0.3) is 5.78 Å². The van der Waals surface area contributed by atoms with Gasteiger partial charge in [0.15, 0.2) is 5.66 Å². The number of carbonyl (C=O) groups excluding carboxylic acids is 2. The summed E-state index contributed by atoms with van der Waals surface area (Å²) >= 11 is 12.1. The molecule has 1 aliphatic heterocycles. The van der Waals surface area contributed by atoms with Crippen molar-refractivity contribution in [2.75, 3.05) is 4.90 Å². The van der Waals surface area contributed by atoms with E-state index in [0.29, 0.717) is 5.56 Å². The van der Waals surface area contributed by atoms with Crippen LogP contribution >= 0.6 is 23.2 Å². The van der Waals surface area contributed by atoms with Gasteiger partial charge in [-0.1, -0.05) is 56.1 Å². The zero-order valence-electron chi connectivity index (χ0n) is 19.9. The molecule has 3 rings (SSSR count). The van der Waals surface area contributed by atoms with Crippen molar-refractivity contribution in [3.63, 3.8) is 0 Å². The monoisotopic (exact) mass is 570 g/mol. The lowest BCUT2D eigenvalue weighted by molar-refractivity contribution is -0.274. The maximum Gasteiger partial charge on any atom is 0.573 e. The Bertz CT molecular complexity index is 1190. The summed E-state index contributed by atoms with van der Waals surface area (Å²) in [6.07, 6.45) is -10.5. The van der Waals surface area contributed by atoms with E-state index < -0.39 is 46.6 Å². The van der Waals surface area contributed by atoms with Crippen molar-refractivity contribution in [2.24, 2.45) is 5.41 Å². The van der Waals surface area contributed by atoms with Gasteiger partial charge in [-0.15, -0.1) is 13.2 Å². The number of halogens is 8. The van der Waals surface area contributed by atoms with E-state index in [2.05, 4.69) is 10.1 Å². The molecule has 0 spiro atoms. The highest BCUT2D eigenvalue weighted by molar-refractivity contribution is 6.35. The Morgan fingerprint density at radius 2 is 1.49 bits per heavy atom. The minimum absolute atomic E-state index is 0.0198. The average molecular weight is 571 g/mol. The molecule has 0 aliphatic carbocycles. The summed E-state index contributed by atoms with van der Waals surface area (Å²) in [5.41, 5.74) is -5.78. The Kier molecular flexibility index (Phi) is 7.35. The molecule has 37 heavy (non-hydrogen) atoms. The standard InChI is InChI=1S/C24H22Cl2F6N2O3/c1-20(2,3)22(18(35)23(27,28)29)33-21(4,12-13-5-7-17(8-6-13)37-24(30,31)32)19(36)34(22)16-10-14(25)9-15(26)11-16/h5-11,33H,12H2,1-4H3/t21-,22+/m1/s1. The third-order valence-corrected chi connectivity index (χ3v) is 6.40. The Labute approximate surface area is 218 Å². The fourth-order valence-electron chi connectivity index (χ4n) is 4.45. The lowest BCUT2D eigenvalue weighted by Crippen LogP contribution is -2.70. The van der Waals surface area contributed by atoms with Gasteiger partial charge in [0.2, 0.25) is 5.91 Å². The second-order valence-corrected chi connectivity index (χ2v) is 10.8. The van der Waals surface area contributed by atoms with Crippen molar-refractivity contribution in [3.8, 4) is 5.75 Å². The van der Waals surface area contributed by atoms with E-state index in [-0.39, 0.29) is 22.2 Å². The van der Waals surface area contributed by atoms with Crippen LogP contribution in [-0.2, 0) is 16.0 Å². The first kappa shape index (κ1) is 29.1. The molecule has 1 heterocycles. The summed E-state index contributed by atoms with van der Waals surface area (Å²) in [7, 11) is 0. The van der Waals surface area contributed by atoms with Gasteiger partial charge in [0.05, 0.1) is 0 Å². The summed E-state index contributed by atoms with van der Waals surface area (Å²) in [5.74, 6) is -3.62. The molecule has 1 amide bonds. The molecule has 0 unspecified atom stereocenters. The first-order valence-corrected chi connectivity index (χ1v) is 11.5. The van der Waals surface area contributed by atoms with Crippen molar-refractivity contribution in [1.29, 1.82) is 0 Å². The Morgan fingerprint density at radius 3 is 1.92 bits per heavy atom. The average Bonchev–Trinajstić information content (AvgIpc) is 2.94. The van der Waals surface area contributed by atoms with Crippen molar-refractivity contribution in [3.05, 3.63) is 58.1 Å². The topological polar surface area (TPSA) is 58.6 Å². The first-order chi connectivity index (χ1) is 16.7. The van der Waals surface area contributed by atoms with E-state index in [1.54, 1.807) is 0 Å². The SMILES string of the molecule is CC(C)(C)[C@@]1(C(=O)C(F)(F)F)N[C@](C)(Cc2ccc(OC(F)(F)F)cc2)C(=O)N1c1cc(Cl)cc(Cl)c1. The molecule has 2 aromatic rings. The van der Waals surface area contributed by atoms with Crippen molar-refractivity contribution in [1.82, 2.24) is 5.32 Å². The van der Waals surface area contributed by atoms with Crippen LogP contribution in [0.5, 0.6) is 5.75 Å². The second kappa shape index (κ2) is 9.36. The molecule has 0 saturated carbocycles. The van der Waals surface area contributed by atoms with E-state index in [1.165, 1.54) is 58.0 Å². The largest absolute Gasteiger partial charge is 0.573 e. The molecule has 0 radical (unpaired) electrons. The van der Waals surface area contributed by atoms with Gasteiger partial charge in [0, 0.05) is 21.1 Å². The van der Waals surface area contributed by atoms with Crippen LogP contribution in [-0.4, -0.2) is 35.4 Å². The van der Waals surface area contributed by atoms with E-state index >= 15 is 0 Å². The normalized spacial score (nSPS) is 22.9. The number of nitrogens with zero attached hydrogens (tertiary/aromatic N) is 1. The number of nitrogens with one attached hydrogen (secondary N) is 1. The number of amides is 1. The summed E-state index contributed by atoms with van der Waals surface area (Å²) in [6, 6.07) is 8.25. The molecular formula is C24H22Cl2F6N2O3. The molecule has 2 atom stereocenters. The van der Waals surface area contributed by atoms with Crippen LogP contribution in [0.25, 0.3) is 0 Å². The summed E-state index contributed by atoms with van der Waals surface area (Å²) in [5, 5.41) is 2.71. The van der Waals surface area contributed by atoms with Crippen LogP contribution < -0.4 is 15.0 Å².